The van der Waals surface area contributed by atoms with Crippen LogP contribution in [0.3, 0.4) is 0 Å². The lowest BCUT2D eigenvalue weighted by Gasteiger charge is -2.06. The largest absolute Gasteiger partial charge is 0.369 e. The Labute approximate surface area is 128 Å². The maximum absolute atomic E-state index is 6.34. The first-order chi connectivity index (χ1) is 9.32. The van der Waals surface area contributed by atoms with Gasteiger partial charge in [-0.05, 0) is 36.1 Å². The lowest BCUT2D eigenvalue weighted by molar-refractivity contribution is 0.598. The van der Waals surface area contributed by atoms with Crippen molar-refractivity contribution in [1.82, 2.24) is 9.97 Å². The molecule has 0 radical (unpaired) electrons. The van der Waals surface area contributed by atoms with E-state index in [0.717, 1.165) is 22.0 Å². The van der Waals surface area contributed by atoms with E-state index in [1.807, 2.05) is 25.1 Å². The van der Waals surface area contributed by atoms with E-state index < -0.39 is 0 Å². The standard InChI is InChI=1S/C15H17Cl2N3/c1-7-13(20-14(18)19-7)12-11(15(12,2)3)9-6-8(16)4-5-10(9)17/h4-6,11-12H,1-3H3,(H3,18,19,20)/t11-,12+/m1/s1. The summed E-state index contributed by atoms with van der Waals surface area (Å²) in [5.41, 5.74) is 9.01. The molecule has 1 aromatic carbocycles. The topological polar surface area (TPSA) is 54.7 Å². The second-order valence-corrected chi connectivity index (χ2v) is 6.92. The maximum Gasteiger partial charge on any atom is 0.197 e. The zero-order valence-corrected chi connectivity index (χ0v) is 13.2. The van der Waals surface area contributed by atoms with Crippen LogP contribution in [-0.2, 0) is 0 Å². The molecule has 1 fully saturated rings. The Bertz CT molecular complexity index is 676. The third-order valence-electron chi connectivity index (χ3n) is 4.36. The predicted molar refractivity (Wildman–Crippen MR) is 83.5 cm³/mol. The molecule has 20 heavy (non-hydrogen) atoms. The summed E-state index contributed by atoms with van der Waals surface area (Å²) in [6.45, 7) is 6.46. The molecule has 0 bridgehead atoms. The van der Waals surface area contributed by atoms with Gasteiger partial charge in [0.2, 0.25) is 0 Å². The summed E-state index contributed by atoms with van der Waals surface area (Å²) in [6.07, 6.45) is 0. The number of halogens is 2. The average Bonchev–Trinajstić information content (AvgIpc) is 2.74. The van der Waals surface area contributed by atoms with Crippen LogP contribution in [0.1, 0.15) is 42.6 Å². The van der Waals surface area contributed by atoms with Crippen molar-refractivity contribution in [1.29, 1.82) is 0 Å². The monoisotopic (exact) mass is 309 g/mol. The first kappa shape index (κ1) is 13.8. The molecule has 2 aromatic rings. The van der Waals surface area contributed by atoms with Gasteiger partial charge in [-0.15, -0.1) is 0 Å². The molecule has 1 aliphatic carbocycles. The minimum Gasteiger partial charge on any atom is -0.369 e. The van der Waals surface area contributed by atoms with E-state index in [-0.39, 0.29) is 5.41 Å². The van der Waals surface area contributed by atoms with E-state index in [0.29, 0.717) is 22.8 Å². The van der Waals surface area contributed by atoms with E-state index in [4.69, 9.17) is 28.9 Å². The van der Waals surface area contributed by atoms with Crippen LogP contribution in [0, 0.1) is 12.3 Å². The molecule has 1 aromatic heterocycles. The Morgan fingerprint density at radius 3 is 2.55 bits per heavy atom. The van der Waals surface area contributed by atoms with Gasteiger partial charge in [-0.3, -0.25) is 0 Å². The average molecular weight is 310 g/mol. The summed E-state index contributed by atoms with van der Waals surface area (Å²) in [6, 6.07) is 5.63. The summed E-state index contributed by atoms with van der Waals surface area (Å²) in [7, 11) is 0. The van der Waals surface area contributed by atoms with Crippen LogP contribution in [-0.4, -0.2) is 9.97 Å². The zero-order chi connectivity index (χ0) is 14.7. The van der Waals surface area contributed by atoms with Crippen LogP contribution in [0.15, 0.2) is 18.2 Å². The fraction of sp³-hybridized carbons (Fsp3) is 0.400. The molecule has 0 amide bonds. The Hall–Kier alpha value is -1.19. The Morgan fingerprint density at radius 1 is 1.25 bits per heavy atom. The van der Waals surface area contributed by atoms with Crippen LogP contribution in [0.25, 0.3) is 0 Å². The molecular formula is C15H17Cl2N3. The second-order valence-electron chi connectivity index (χ2n) is 6.07. The number of nitrogens with one attached hydrogen (secondary N) is 1. The van der Waals surface area contributed by atoms with Crippen LogP contribution < -0.4 is 5.73 Å². The molecule has 0 saturated heterocycles. The molecule has 3 N–H and O–H groups in total. The summed E-state index contributed by atoms with van der Waals surface area (Å²) < 4.78 is 0. The Morgan fingerprint density at radius 2 is 1.95 bits per heavy atom. The fourth-order valence-electron chi connectivity index (χ4n) is 3.28. The van der Waals surface area contributed by atoms with E-state index in [1.54, 1.807) is 0 Å². The number of imidazole rings is 1. The van der Waals surface area contributed by atoms with Crippen molar-refractivity contribution in [3.8, 4) is 0 Å². The van der Waals surface area contributed by atoms with Crippen molar-refractivity contribution in [2.75, 3.05) is 5.73 Å². The summed E-state index contributed by atoms with van der Waals surface area (Å²) in [4.78, 5) is 7.51. The smallest absolute Gasteiger partial charge is 0.197 e. The number of nitrogens with zero attached hydrogens (tertiary/aromatic N) is 1. The molecule has 1 saturated carbocycles. The lowest BCUT2D eigenvalue weighted by Crippen LogP contribution is -1.92. The number of nitrogen functional groups attached to an aromatic ring is 1. The SMILES string of the molecule is Cc1[nH]c(N)nc1[C@@H]1[C@@H](c2cc(Cl)ccc2Cl)C1(C)C. The molecule has 5 heteroatoms. The number of hydrogen-bond acceptors (Lipinski definition) is 2. The Kier molecular flexibility index (Phi) is 3.03. The third-order valence-corrected chi connectivity index (χ3v) is 4.94. The summed E-state index contributed by atoms with van der Waals surface area (Å²) in [5.74, 6) is 1.10. The fourth-order valence-corrected chi connectivity index (χ4v) is 3.70. The molecule has 0 aliphatic heterocycles. The molecular weight excluding hydrogens is 293 g/mol. The molecule has 3 nitrogen and oxygen atoms in total. The molecule has 1 heterocycles. The number of aryl methyl sites for hydroxylation is 1. The zero-order valence-electron chi connectivity index (χ0n) is 11.7. The Balaban J connectivity index is 2.04. The van der Waals surface area contributed by atoms with E-state index in [9.17, 15) is 0 Å². The predicted octanol–water partition coefficient (Wildman–Crippen LogP) is 4.51. The van der Waals surface area contributed by atoms with Crippen molar-refractivity contribution in [2.24, 2.45) is 5.41 Å². The molecule has 2 atom stereocenters. The number of nitrogens with two attached hydrogens (primary N) is 1. The molecule has 0 spiro atoms. The van der Waals surface area contributed by atoms with Gasteiger partial charge < -0.3 is 10.7 Å². The van der Waals surface area contributed by atoms with E-state index in [1.165, 1.54) is 0 Å². The number of anilines is 1. The van der Waals surface area contributed by atoms with Gasteiger partial charge in [0.1, 0.15) is 0 Å². The molecule has 0 unspecified atom stereocenters. The van der Waals surface area contributed by atoms with Crippen LogP contribution >= 0.6 is 23.2 Å². The normalized spacial score (nSPS) is 23.9. The minimum atomic E-state index is 0.0979. The van der Waals surface area contributed by atoms with E-state index >= 15 is 0 Å². The number of aromatic nitrogens is 2. The quantitative estimate of drug-likeness (QED) is 0.857. The van der Waals surface area contributed by atoms with Gasteiger partial charge in [-0.1, -0.05) is 37.0 Å². The highest BCUT2D eigenvalue weighted by Crippen LogP contribution is 2.70. The van der Waals surface area contributed by atoms with Crippen molar-refractivity contribution >= 4 is 29.2 Å². The van der Waals surface area contributed by atoms with Crippen molar-refractivity contribution in [3.05, 3.63) is 45.2 Å². The van der Waals surface area contributed by atoms with Gasteiger partial charge in [0.15, 0.2) is 5.95 Å². The minimum absolute atomic E-state index is 0.0979. The molecule has 106 valence electrons. The van der Waals surface area contributed by atoms with Crippen molar-refractivity contribution < 1.29 is 0 Å². The van der Waals surface area contributed by atoms with Gasteiger partial charge in [0.25, 0.3) is 0 Å². The van der Waals surface area contributed by atoms with E-state index in [2.05, 4.69) is 23.8 Å². The van der Waals surface area contributed by atoms with Crippen LogP contribution in [0.5, 0.6) is 0 Å². The van der Waals surface area contributed by atoms with Gasteiger partial charge in [-0.25, -0.2) is 4.98 Å². The lowest BCUT2D eigenvalue weighted by atomic mass is 10.0. The van der Waals surface area contributed by atoms with Crippen LogP contribution in [0.4, 0.5) is 5.95 Å². The highest BCUT2D eigenvalue weighted by atomic mass is 35.5. The number of hydrogen-bond donors (Lipinski definition) is 2. The van der Waals surface area contributed by atoms with Gasteiger partial charge in [-0.2, -0.15) is 0 Å². The first-order valence-corrected chi connectivity index (χ1v) is 7.35. The highest BCUT2D eigenvalue weighted by Gasteiger charge is 2.61. The number of benzene rings is 1. The number of H-pyrrole nitrogens is 1. The van der Waals surface area contributed by atoms with Gasteiger partial charge in [0.05, 0.1) is 5.69 Å². The van der Waals surface area contributed by atoms with Crippen molar-refractivity contribution in [3.63, 3.8) is 0 Å². The van der Waals surface area contributed by atoms with Crippen LogP contribution in [0.2, 0.25) is 10.0 Å². The number of rotatable bonds is 2. The maximum atomic E-state index is 6.34. The van der Waals surface area contributed by atoms with Gasteiger partial charge in [0, 0.05) is 27.6 Å². The third kappa shape index (κ3) is 2.00. The number of aromatic amines is 1. The van der Waals surface area contributed by atoms with Crippen molar-refractivity contribution in [2.45, 2.75) is 32.6 Å². The summed E-state index contributed by atoms with van der Waals surface area (Å²) >= 11 is 12.5. The van der Waals surface area contributed by atoms with Gasteiger partial charge >= 0.3 is 0 Å². The first-order valence-electron chi connectivity index (χ1n) is 6.59. The highest BCUT2D eigenvalue weighted by molar-refractivity contribution is 6.33. The molecule has 1 aliphatic rings. The molecule has 3 rings (SSSR count). The second kappa shape index (κ2) is 4.40. The summed E-state index contributed by atoms with van der Waals surface area (Å²) in [5, 5.41) is 1.47.